The topological polar surface area (TPSA) is 36.3 Å². The standard InChI is InChI=1S/C12H13ClN2O/c13-11-3-1-2-10(8-11)12(9-14)15-4-6-16-7-5-15/h1-3,8,12H,4-7H2/t12-/m0/s1. The van der Waals surface area contributed by atoms with Gasteiger partial charge in [-0.1, -0.05) is 23.7 Å². The third kappa shape index (κ3) is 2.53. The van der Waals surface area contributed by atoms with Crippen molar-refractivity contribution in [3.05, 3.63) is 34.9 Å². The zero-order valence-electron chi connectivity index (χ0n) is 8.90. The van der Waals surface area contributed by atoms with E-state index in [2.05, 4.69) is 11.0 Å². The summed E-state index contributed by atoms with van der Waals surface area (Å²) in [7, 11) is 0. The number of nitrogens with zero attached hydrogens (tertiary/aromatic N) is 2. The number of rotatable bonds is 2. The van der Waals surface area contributed by atoms with Crippen LogP contribution in [-0.2, 0) is 4.74 Å². The van der Waals surface area contributed by atoms with Gasteiger partial charge in [-0.05, 0) is 17.7 Å². The van der Waals surface area contributed by atoms with E-state index in [-0.39, 0.29) is 6.04 Å². The van der Waals surface area contributed by atoms with E-state index in [1.54, 1.807) is 0 Å². The molecule has 0 unspecified atom stereocenters. The van der Waals surface area contributed by atoms with Crippen molar-refractivity contribution in [3.63, 3.8) is 0 Å². The van der Waals surface area contributed by atoms with Crippen molar-refractivity contribution in [1.29, 1.82) is 5.26 Å². The Morgan fingerprint density at radius 1 is 1.38 bits per heavy atom. The van der Waals surface area contributed by atoms with E-state index >= 15 is 0 Å². The maximum atomic E-state index is 9.25. The summed E-state index contributed by atoms with van der Waals surface area (Å²) in [6.07, 6.45) is 0. The van der Waals surface area contributed by atoms with E-state index in [0.29, 0.717) is 18.2 Å². The minimum absolute atomic E-state index is 0.220. The molecule has 1 heterocycles. The molecule has 1 aliphatic heterocycles. The largest absolute Gasteiger partial charge is 0.379 e. The van der Waals surface area contributed by atoms with Gasteiger partial charge in [-0.3, -0.25) is 4.90 Å². The summed E-state index contributed by atoms with van der Waals surface area (Å²) in [6.45, 7) is 2.98. The van der Waals surface area contributed by atoms with Crippen molar-refractivity contribution in [2.24, 2.45) is 0 Å². The third-order valence-electron chi connectivity index (χ3n) is 2.70. The SMILES string of the molecule is N#C[C@@H](c1cccc(Cl)c1)N1CCOCC1. The fraction of sp³-hybridized carbons (Fsp3) is 0.417. The minimum Gasteiger partial charge on any atom is -0.379 e. The van der Waals surface area contributed by atoms with Crippen molar-refractivity contribution < 1.29 is 4.74 Å². The van der Waals surface area contributed by atoms with Crippen LogP contribution in [0.2, 0.25) is 5.02 Å². The zero-order valence-corrected chi connectivity index (χ0v) is 9.65. The second-order valence-corrected chi connectivity index (χ2v) is 4.17. The van der Waals surface area contributed by atoms with E-state index in [0.717, 1.165) is 18.7 Å². The summed E-state index contributed by atoms with van der Waals surface area (Å²) in [6, 6.07) is 9.59. The molecule has 0 spiro atoms. The number of morpholine rings is 1. The van der Waals surface area contributed by atoms with Crippen LogP contribution < -0.4 is 0 Å². The molecule has 0 bridgehead atoms. The van der Waals surface area contributed by atoms with Gasteiger partial charge in [0.25, 0.3) is 0 Å². The van der Waals surface area contributed by atoms with Crippen molar-refractivity contribution in [1.82, 2.24) is 4.90 Å². The molecular weight excluding hydrogens is 224 g/mol. The molecule has 1 aromatic rings. The Morgan fingerprint density at radius 2 is 2.12 bits per heavy atom. The summed E-state index contributed by atoms with van der Waals surface area (Å²) in [5.41, 5.74) is 0.955. The molecule has 1 saturated heterocycles. The quantitative estimate of drug-likeness (QED) is 0.790. The Hall–Kier alpha value is -1.08. The van der Waals surface area contributed by atoms with E-state index in [1.807, 2.05) is 24.3 Å². The predicted molar refractivity (Wildman–Crippen MR) is 62.2 cm³/mol. The van der Waals surface area contributed by atoms with Gasteiger partial charge in [0.1, 0.15) is 6.04 Å². The normalized spacial score (nSPS) is 19.0. The van der Waals surface area contributed by atoms with Gasteiger partial charge in [-0.15, -0.1) is 0 Å². The van der Waals surface area contributed by atoms with Crippen LogP contribution in [0.4, 0.5) is 0 Å². The van der Waals surface area contributed by atoms with Gasteiger partial charge in [0.15, 0.2) is 0 Å². The van der Waals surface area contributed by atoms with Gasteiger partial charge in [-0.2, -0.15) is 5.26 Å². The summed E-state index contributed by atoms with van der Waals surface area (Å²) < 4.78 is 5.28. The van der Waals surface area contributed by atoms with Crippen molar-refractivity contribution >= 4 is 11.6 Å². The summed E-state index contributed by atoms with van der Waals surface area (Å²) in [4.78, 5) is 2.12. The van der Waals surface area contributed by atoms with E-state index < -0.39 is 0 Å². The van der Waals surface area contributed by atoms with Crippen LogP contribution in [0.25, 0.3) is 0 Å². The zero-order chi connectivity index (χ0) is 11.4. The molecule has 3 nitrogen and oxygen atoms in total. The predicted octanol–water partition coefficient (Wildman–Crippen LogP) is 2.24. The highest BCUT2D eigenvalue weighted by Crippen LogP contribution is 2.23. The van der Waals surface area contributed by atoms with Gasteiger partial charge < -0.3 is 4.74 Å². The summed E-state index contributed by atoms with van der Waals surface area (Å²) in [5, 5.41) is 9.92. The van der Waals surface area contributed by atoms with Gasteiger partial charge in [0.05, 0.1) is 19.3 Å². The maximum Gasteiger partial charge on any atom is 0.124 e. The number of ether oxygens (including phenoxy) is 1. The molecule has 0 aromatic heterocycles. The lowest BCUT2D eigenvalue weighted by molar-refractivity contribution is 0.0266. The van der Waals surface area contributed by atoms with Crippen LogP contribution in [0.5, 0.6) is 0 Å². The molecule has 0 radical (unpaired) electrons. The molecule has 16 heavy (non-hydrogen) atoms. The van der Waals surface area contributed by atoms with Crippen LogP contribution in [0.1, 0.15) is 11.6 Å². The molecule has 0 saturated carbocycles. The van der Waals surface area contributed by atoms with Crippen molar-refractivity contribution in [2.75, 3.05) is 26.3 Å². The first-order valence-corrected chi connectivity index (χ1v) is 5.66. The number of hydrogen-bond donors (Lipinski definition) is 0. The lowest BCUT2D eigenvalue weighted by Crippen LogP contribution is -2.38. The number of nitriles is 1. The second kappa shape index (κ2) is 5.31. The van der Waals surface area contributed by atoms with Crippen molar-refractivity contribution in [3.8, 4) is 6.07 Å². The molecule has 0 aliphatic carbocycles. The highest BCUT2D eigenvalue weighted by Gasteiger charge is 2.22. The van der Waals surface area contributed by atoms with Crippen LogP contribution in [0, 0.1) is 11.3 Å². The van der Waals surface area contributed by atoms with Crippen LogP contribution in [0.3, 0.4) is 0 Å². The molecule has 84 valence electrons. The lowest BCUT2D eigenvalue weighted by atomic mass is 10.1. The Balaban J connectivity index is 2.18. The first-order valence-electron chi connectivity index (χ1n) is 5.28. The Bertz CT molecular complexity index is 396. The Labute approximate surface area is 100 Å². The molecule has 1 atom stereocenters. The highest BCUT2D eigenvalue weighted by molar-refractivity contribution is 6.30. The monoisotopic (exact) mass is 236 g/mol. The first-order chi connectivity index (χ1) is 7.81. The van der Waals surface area contributed by atoms with Crippen LogP contribution in [-0.4, -0.2) is 31.2 Å². The smallest absolute Gasteiger partial charge is 0.124 e. The fourth-order valence-electron chi connectivity index (χ4n) is 1.88. The summed E-state index contributed by atoms with van der Waals surface area (Å²) in [5.74, 6) is 0. The second-order valence-electron chi connectivity index (χ2n) is 3.73. The average molecular weight is 237 g/mol. The molecule has 0 amide bonds. The molecule has 1 aromatic carbocycles. The molecule has 1 fully saturated rings. The van der Waals surface area contributed by atoms with Gasteiger partial charge in [0, 0.05) is 18.1 Å². The molecule has 4 heteroatoms. The average Bonchev–Trinajstić information content (AvgIpc) is 2.31. The van der Waals surface area contributed by atoms with Crippen molar-refractivity contribution in [2.45, 2.75) is 6.04 Å². The number of benzene rings is 1. The molecule has 2 rings (SSSR count). The van der Waals surface area contributed by atoms with Crippen LogP contribution in [0.15, 0.2) is 24.3 Å². The maximum absolute atomic E-state index is 9.25. The van der Waals surface area contributed by atoms with E-state index in [9.17, 15) is 5.26 Å². The fourth-order valence-corrected chi connectivity index (χ4v) is 2.08. The minimum atomic E-state index is -0.220. The first kappa shape index (κ1) is 11.4. The third-order valence-corrected chi connectivity index (χ3v) is 2.93. The Kier molecular flexibility index (Phi) is 3.79. The van der Waals surface area contributed by atoms with Gasteiger partial charge in [-0.25, -0.2) is 0 Å². The summed E-state index contributed by atoms with van der Waals surface area (Å²) >= 11 is 5.93. The van der Waals surface area contributed by atoms with Crippen LogP contribution >= 0.6 is 11.6 Å². The number of hydrogen-bond acceptors (Lipinski definition) is 3. The highest BCUT2D eigenvalue weighted by atomic mass is 35.5. The Morgan fingerprint density at radius 3 is 2.75 bits per heavy atom. The van der Waals surface area contributed by atoms with E-state index in [4.69, 9.17) is 16.3 Å². The number of halogens is 1. The molecule has 1 aliphatic rings. The van der Waals surface area contributed by atoms with Gasteiger partial charge in [0.2, 0.25) is 0 Å². The van der Waals surface area contributed by atoms with E-state index in [1.165, 1.54) is 0 Å². The lowest BCUT2D eigenvalue weighted by Gasteiger charge is -2.30. The molecular formula is C12H13ClN2O. The molecule has 0 N–H and O–H groups in total. The van der Waals surface area contributed by atoms with Gasteiger partial charge >= 0.3 is 0 Å².